The van der Waals surface area contributed by atoms with E-state index in [9.17, 15) is 18.7 Å². The fourth-order valence-electron chi connectivity index (χ4n) is 6.41. The van der Waals surface area contributed by atoms with Gasteiger partial charge in [0.2, 0.25) is 0 Å². The Balaban J connectivity index is 1.36. The lowest BCUT2D eigenvalue weighted by molar-refractivity contribution is 0.102. The summed E-state index contributed by atoms with van der Waals surface area (Å²) in [6.07, 6.45) is 7.55. The number of hydrogen-bond acceptors (Lipinski definition) is 9. The molecule has 10 nitrogen and oxygen atoms in total. The first kappa shape index (κ1) is 27.9. The highest BCUT2D eigenvalue weighted by atomic mass is 19.1. The fraction of sp³-hybridized carbons (Fsp3) is 0.433. The summed E-state index contributed by atoms with van der Waals surface area (Å²) in [5, 5.41) is 13.8. The van der Waals surface area contributed by atoms with Crippen molar-refractivity contribution in [3.8, 4) is 24.1 Å². The summed E-state index contributed by atoms with van der Waals surface area (Å²) in [7, 11) is 0. The Hall–Kier alpha value is -4.21. The van der Waals surface area contributed by atoms with Crippen LogP contribution in [0.15, 0.2) is 24.3 Å². The van der Waals surface area contributed by atoms with Gasteiger partial charge in [-0.25, -0.2) is 8.78 Å². The molecule has 42 heavy (non-hydrogen) atoms. The van der Waals surface area contributed by atoms with Crippen LogP contribution in [-0.4, -0.2) is 83.6 Å². The number of nitrogens with zero attached hydrogens (tertiary/aromatic N) is 4. The van der Waals surface area contributed by atoms with Gasteiger partial charge >= 0.3 is 6.01 Å². The summed E-state index contributed by atoms with van der Waals surface area (Å²) in [5.41, 5.74) is 6.03. The van der Waals surface area contributed by atoms with Crippen molar-refractivity contribution in [3.05, 3.63) is 41.2 Å². The van der Waals surface area contributed by atoms with E-state index < -0.39 is 23.4 Å². The number of carbonyl (C=O) groups excluding carboxylic acids is 1. The van der Waals surface area contributed by atoms with E-state index >= 15 is 0 Å². The van der Waals surface area contributed by atoms with E-state index in [2.05, 4.69) is 26.1 Å². The largest absolute Gasteiger partial charge is 0.508 e. The Labute approximate surface area is 241 Å². The molecule has 2 unspecified atom stereocenters. The Bertz CT molecular complexity index is 1570. The third-order valence-electron chi connectivity index (χ3n) is 8.32. The number of nitrogens with one attached hydrogen (secondary N) is 1. The molecule has 3 aliphatic heterocycles. The SMILES string of the molecule is C#Cc1c(F)ccc2cc(O)cc(NC(=O)c3c(N)nc(OCC45CCCN4CC(F)C5)nc3N3CCCOCC3)c12. The van der Waals surface area contributed by atoms with Crippen LogP contribution in [0.5, 0.6) is 11.8 Å². The second kappa shape index (κ2) is 11.2. The first-order chi connectivity index (χ1) is 20.3. The summed E-state index contributed by atoms with van der Waals surface area (Å²) in [5.74, 6) is 1.01. The number of phenols is 1. The number of aromatic hydroxyl groups is 1. The number of halogens is 2. The third-order valence-corrected chi connectivity index (χ3v) is 8.32. The molecule has 4 heterocycles. The molecule has 1 aromatic heterocycles. The monoisotopic (exact) mass is 578 g/mol. The molecular formula is C30H32F2N6O4. The van der Waals surface area contributed by atoms with Gasteiger partial charge in [-0.15, -0.1) is 6.42 Å². The number of nitrogens with two attached hydrogens (primary N) is 1. The Kier molecular flexibility index (Phi) is 7.47. The fourth-order valence-corrected chi connectivity index (χ4v) is 6.41. The summed E-state index contributed by atoms with van der Waals surface area (Å²) in [6, 6.07) is 5.38. The molecule has 0 spiro atoms. The maximum atomic E-state index is 14.6. The van der Waals surface area contributed by atoms with E-state index in [1.807, 2.05) is 4.90 Å². The van der Waals surface area contributed by atoms with Crippen LogP contribution in [0.25, 0.3) is 10.8 Å². The highest BCUT2D eigenvalue weighted by Gasteiger charge is 2.49. The number of rotatable bonds is 6. The summed E-state index contributed by atoms with van der Waals surface area (Å²) < 4.78 is 40.5. The molecule has 2 atom stereocenters. The van der Waals surface area contributed by atoms with Gasteiger partial charge in [0.25, 0.3) is 5.91 Å². The van der Waals surface area contributed by atoms with Crippen LogP contribution >= 0.6 is 0 Å². The summed E-state index contributed by atoms with van der Waals surface area (Å²) in [6.45, 7) is 3.37. The number of carbonyl (C=O) groups is 1. The predicted molar refractivity (Wildman–Crippen MR) is 154 cm³/mol. The van der Waals surface area contributed by atoms with Gasteiger partial charge in [0, 0.05) is 44.1 Å². The van der Waals surface area contributed by atoms with Gasteiger partial charge < -0.3 is 30.5 Å². The molecule has 0 bridgehead atoms. The predicted octanol–water partition coefficient (Wildman–Crippen LogP) is 3.47. The standard InChI is InChI=1S/C30H32F2N6O4/c1-2-21-22(32)6-5-18-13-20(39)14-23(24(18)21)34-28(40)25-26(33)35-29(36-27(25)37-8-4-11-41-12-10-37)42-17-30-7-3-9-38(30)16-19(31)15-30/h1,5-6,13-14,19,39H,3-4,7-12,15-17H2,(H,34,40)(H2,33,35,36). The van der Waals surface area contributed by atoms with Crippen LogP contribution in [0.2, 0.25) is 0 Å². The highest BCUT2D eigenvalue weighted by Crippen LogP contribution is 2.40. The molecule has 3 fully saturated rings. The van der Waals surface area contributed by atoms with E-state index in [1.54, 1.807) is 0 Å². The van der Waals surface area contributed by atoms with Crippen molar-refractivity contribution in [2.24, 2.45) is 0 Å². The van der Waals surface area contributed by atoms with Crippen LogP contribution < -0.4 is 20.7 Å². The van der Waals surface area contributed by atoms with Gasteiger partial charge in [0.05, 0.1) is 23.4 Å². The molecule has 12 heteroatoms. The number of terminal acetylenes is 1. The smallest absolute Gasteiger partial charge is 0.320 e. The normalized spacial score (nSPS) is 22.5. The average Bonchev–Trinajstić information content (AvgIpc) is 3.33. The van der Waals surface area contributed by atoms with Crippen LogP contribution in [0.3, 0.4) is 0 Å². The van der Waals surface area contributed by atoms with Gasteiger partial charge in [0.1, 0.15) is 35.7 Å². The molecule has 0 aliphatic carbocycles. The van der Waals surface area contributed by atoms with Gasteiger partial charge in [-0.3, -0.25) is 9.69 Å². The van der Waals surface area contributed by atoms with Gasteiger partial charge in [0.15, 0.2) is 5.82 Å². The zero-order valence-corrected chi connectivity index (χ0v) is 23.0. The van der Waals surface area contributed by atoms with Crippen LogP contribution in [0, 0.1) is 18.2 Å². The van der Waals surface area contributed by atoms with Crippen molar-refractivity contribution < 1.29 is 28.2 Å². The quantitative estimate of drug-likeness (QED) is 0.377. The number of aromatic nitrogens is 2. The van der Waals surface area contributed by atoms with Crippen LogP contribution in [0.1, 0.15) is 41.6 Å². The van der Waals surface area contributed by atoms with Crippen LogP contribution in [-0.2, 0) is 4.74 Å². The minimum atomic E-state index is -0.907. The molecule has 220 valence electrons. The second-order valence-corrected chi connectivity index (χ2v) is 11.0. The molecule has 3 aromatic rings. The van der Waals surface area contributed by atoms with E-state index in [-0.39, 0.29) is 52.2 Å². The number of amides is 1. The topological polar surface area (TPSA) is 126 Å². The lowest BCUT2D eigenvalue weighted by Gasteiger charge is -2.31. The molecule has 3 saturated heterocycles. The molecule has 6 rings (SSSR count). The van der Waals surface area contributed by atoms with Crippen molar-refractivity contribution in [2.45, 2.75) is 37.4 Å². The Morgan fingerprint density at radius 1 is 1.26 bits per heavy atom. The van der Waals surface area contributed by atoms with Gasteiger partial charge in [-0.05, 0) is 43.3 Å². The van der Waals surface area contributed by atoms with Crippen molar-refractivity contribution in [1.82, 2.24) is 14.9 Å². The lowest BCUT2D eigenvalue weighted by atomic mass is 9.95. The van der Waals surface area contributed by atoms with Crippen molar-refractivity contribution >= 4 is 34.0 Å². The van der Waals surface area contributed by atoms with E-state index in [4.69, 9.17) is 21.6 Å². The molecule has 3 aliphatic rings. The number of anilines is 3. The minimum absolute atomic E-state index is 0.00718. The molecule has 4 N–H and O–H groups in total. The maximum Gasteiger partial charge on any atom is 0.320 e. The number of alkyl halides is 1. The van der Waals surface area contributed by atoms with Crippen molar-refractivity contribution in [2.75, 3.05) is 62.0 Å². The number of hydrogen-bond donors (Lipinski definition) is 3. The zero-order chi connectivity index (χ0) is 29.4. The summed E-state index contributed by atoms with van der Waals surface area (Å²) in [4.78, 5) is 26.8. The van der Waals surface area contributed by atoms with E-state index in [0.717, 1.165) is 19.4 Å². The number of nitrogen functional groups attached to an aromatic ring is 1. The highest BCUT2D eigenvalue weighted by molar-refractivity contribution is 6.14. The van der Waals surface area contributed by atoms with Crippen molar-refractivity contribution in [3.63, 3.8) is 0 Å². The number of ether oxygens (including phenoxy) is 2. The molecule has 0 radical (unpaired) electrons. The van der Waals surface area contributed by atoms with Gasteiger partial charge in [-0.1, -0.05) is 12.0 Å². The summed E-state index contributed by atoms with van der Waals surface area (Å²) >= 11 is 0. The molecule has 0 saturated carbocycles. The number of fused-ring (bicyclic) bond motifs is 2. The lowest BCUT2D eigenvalue weighted by Crippen LogP contribution is -2.43. The van der Waals surface area contributed by atoms with Crippen molar-refractivity contribution in [1.29, 1.82) is 0 Å². The Morgan fingerprint density at radius 2 is 2.12 bits per heavy atom. The molecule has 1 amide bonds. The second-order valence-electron chi connectivity index (χ2n) is 11.0. The molecular weight excluding hydrogens is 546 g/mol. The van der Waals surface area contributed by atoms with E-state index in [0.29, 0.717) is 51.1 Å². The Morgan fingerprint density at radius 3 is 2.95 bits per heavy atom. The van der Waals surface area contributed by atoms with E-state index in [1.165, 1.54) is 24.3 Å². The minimum Gasteiger partial charge on any atom is -0.508 e. The zero-order valence-electron chi connectivity index (χ0n) is 23.0. The molecule has 2 aromatic carbocycles. The maximum absolute atomic E-state index is 14.6. The number of benzene rings is 2. The number of phenolic OH excluding ortho intramolecular Hbond substituents is 1. The first-order valence-corrected chi connectivity index (χ1v) is 14.0. The third kappa shape index (κ3) is 5.14. The van der Waals surface area contributed by atoms with Crippen LogP contribution in [0.4, 0.5) is 26.1 Å². The first-order valence-electron chi connectivity index (χ1n) is 14.0. The average molecular weight is 579 g/mol. The van der Waals surface area contributed by atoms with Gasteiger partial charge in [-0.2, -0.15) is 9.97 Å².